The molecule has 0 atom stereocenters. The lowest BCUT2D eigenvalue weighted by molar-refractivity contribution is -0.141. The summed E-state index contributed by atoms with van der Waals surface area (Å²) in [6.07, 6.45) is -4.50. The van der Waals surface area contributed by atoms with E-state index in [0.717, 1.165) is 6.07 Å². The Labute approximate surface area is 128 Å². The smallest absolute Gasteiger partial charge is 0.352 e. The molecule has 0 saturated heterocycles. The van der Waals surface area contributed by atoms with E-state index in [1.165, 1.54) is 12.1 Å². The van der Waals surface area contributed by atoms with Gasteiger partial charge in [-0.2, -0.15) is 13.2 Å². The van der Waals surface area contributed by atoms with Gasteiger partial charge in [-0.1, -0.05) is 18.2 Å². The summed E-state index contributed by atoms with van der Waals surface area (Å²) in [5, 5.41) is 2.37. The van der Waals surface area contributed by atoms with Gasteiger partial charge < -0.3 is 10.3 Å². The van der Waals surface area contributed by atoms with E-state index in [4.69, 9.17) is 0 Å². The van der Waals surface area contributed by atoms with Crippen molar-refractivity contribution in [2.24, 2.45) is 0 Å². The van der Waals surface area contributed by atoms with Crippen molar-refractivity contribution < 1.29 is 22.4 Å². The molecule has 0 bridgehead atoms. The molecule has 0 aliphatic heterocycles. The fourth-order valence-electron chi connectivity index (χ4n) is 1.92. The summed E-state index contributed by atoms with van der Waals surface area (Å²) in [6, 6.07) is 7.41. The van der Waals surface area contributed by atoms with Crippen molar-refractivity contribution in [1.82, 2.24) is 10.3 Å². The number of carbonyl (C=O) groups excluding carboxylic acids is 1. The Morgan fingerprint density at radius 2 is 1.83 bits per heavy atom. The van der Waals surface area contributed by atoms with Gasteiger partial charge in [-0.25, -0.2) is 4.39 Å². The quantitative estimate of drug-likeness (QED) is 0.847. The average molecular weight is 328 g/mol. The summed E-state index contributed by atoms with van der Waals surface area (Å²) in [7, 11) is 0. The molecule has 23 heavy (non-hydrogen) atoms. The standard InChI is InChI=1S/C15H12F4N2O2/c16-11-4-2-1-3-9(11)7-8-20-13(22)10-5-6-12(15(17,18)19)21-14(10)23/h1-6H,7-8H2,(H,20,22)(H,21,23). The first-order valence-corrected chi connectivity index (χ1v) is 6.61. The molecular weight excluding hydrogens is 316 g/mol. The number of alkyl halides is 3. The summed E-state index contributed by atoms with van der Waals surface area (Å²) in [5.41, 5.74) is -2.42. The normalized spacial score (nSPS) is 11.3. The molecule has 0 radical (unpaired) electrons. The highest BCUT2D eigenvalue weighted by atomic mass is 19.4. The SMILES string of the molecule is O=C(NCCc1ccccc1F)c1ccc(C(F)(F)F)[nH]c1=O. The summed E-state index contributed by atoms with van der Waals surface area (Å²) in [5.74, 6) is -1.24. The molecule has 1 heterocycles. The number of H-pyrrole nitrogens is 1. The lowest BCUT2D eigenvalue weighted by Gasteiger charge is -2.08. The first-order valence-electron chi connectivity index (χ1n) is 6.61. The van der Waals surface area contributed by atoms with Gasteiger partial charge in [-0.3, -0.25) is 9.59 Å². The highest BCUT2D eigenvalue weighted by molar-refractivity contribution is 5.93. The minimum Gasteiger partial charge on any atom is -0.352 e. The molecule has 0 unspecified atom stereocenters. The summed E-state index contributed by atoms with van der Waals surface area (Å²) in [6.45, 7) is 0.0419. The number of carbonyl (C=O) groups is 1. The lowest BCUT2D eigenvalue weighted by Crippen LogP contribution is -2.32. The highest BCUT2D eigenvalue weighted by Crippen LogP contribution is 2.26. The minimum atomic E-state index is -4.70. The number of amides is 1. The Hall–Kier alpha value is -2.64. The number of aromatic amines is 1. The van der Waals surface area contributed by atoms with Crippen molar-refractivity contribution in [3.8, 4) is 0 Å². The largest absolute Gasteiger partial charge is 0.431 e. The fraction of sp³-hybridized carbons (Fsp3) is 0.200. The zero-order chi connectivity index (χ0) is 17.0. The molecule has 1 aromatic carbocycles. The molecular formula is C15H12F4N2O2. The van der Waals surface area contributed by atoms with Crippen LogP contribution in [0.2, 0.25) is 0 Å². The van der Waals surface area contributed by atoms with Crippen LogP contribution in [0, 0.1) is 5.82 Å². The van der Waals surface area contributed by atoms with Crippen LogP contribution in [0.3, 0.4) is 0 Å². The number of halogens is 4. The van der Waals surface area contributed by atoms with Gasteiger partial charge in [0.25, 0.3) is 11.5 Å². The monoisotopic (exact) mass is 328 g/mol. The lowest BCUT2D eigenvalue weighted by atomic mass is 10.1. The third kappa shape index (κ3) is 4.18. The van der Waals surface area contributed by atoms with Crippen LogP contribution in [-0.2, 0) is 12.6 Å². The maximum atomic E-state index is 13.4. The van der Waals surface area contributed by atoms with Crippen molar-refractivity contribution in [2.45, 2.75) is 12.6 Å². The maximum absolute atomic E-state index is 13.4. The van der Waals surface area contributed by atoms with Crippen LogP contribution < -0.4 is 10.9 Å². The van der Waals surface area contributed by atoms with Crippen molar-refractivity contribution in [2.75, 3.05) is 6.54 Å². The topological polar surface area (TPSA) is 62.0 Å². The van der Waals surface area contributed by atoms with E-state index < -0.39 is 34.7 Å². The van der Waals surface area contributed by atoms with Crippen LogP contribution in [0.5, 0.6) is 0 Å². The van der Waals surface area contributed by atoms with Gasteiger partial charge in [0.15, 0.2) is 0 Å². The average Bonchev–Trinajstić information content (AvgIpc) is 2.48. The molecule has 8 heteroatoms. The Balaban J connectivity index is 2.01. The van der Waals surface area contributed by atoms with E-state index in [0.29, 0.717) is 11.6 Å². The number of rotatable bonds is 4. The summed E-state index contributed by atoms with van der Waals surface area (Å²) >= 11 is 0. The second kappa shape index (κ2) is 6.64. The molecule has 2 N–H and O–H groups in total. The van der Waals surface area contributed by atoms with Gasteiger partial charge in [0.2, 0.25) is 0 Å². The van der Waals surface area contributed by atoms with Crippen LogP contribution in [0.25, 0.3) is 0 Å². The highest BCUT2D eigenvalue weighted by Gasteiger charge is 2.32. The Kier molecular flexibility index (Phi) is 4.83. The first kappa shape index (κ1) is 16.7. The molecule has 0 aliphatic rings. The van der Waals surface area contributed by atoms with E-state index in [1.807, 2.05) is 0 Å². The molecule has 1 aromatic heterocycles. The van der Waals surface area contributed by atoms with Crippen LogP contribution in [0.1, 0.15) is 21.6 Å². The molecule has 1 amide bonds. The van der Waals surface area contributed by atoms with Crippen LogP contribution in [0.4, 0.5) is 17.6 Å². The van der Waals surface area contributed by atoms with E-state index in [-0.39, 0.29) is 13.0 Å². The second-order valence-corrected chi connectivity index (χ2v) is 4.71. The molecule has 122 valence electrons. The van der Waals surface area contributed by atoms with E-state index in [2.05, 4.69) is 5.32 Å². The van der Waals surface area contributed by atoms with Gasteiger partial charge in [0.05, 0.1) is 0 Å². The summed E-state index contributed by atoms with van der Waals surface area (Å²) in [4.78, 5) is 24.9. The molecule has 4 nitrogen and oxygen atoms in total. The van der Waals surface area contributed by atoms with Crippen LogP contribution in [-0.4, -0.2) is 17.4 Å². The third-order valence-corrected chi connectivity index (χ3v) is 3.10. The number of hydrogen-bond donors (Lipinski definition) is 2. The Morgan fingerprint density at radius 1 is 1.13 bits per heavy atom. The van der Waals surface area contributed by atoms with Crippen LogP contribution in [0.15, 0.2) is 41.2 Å². The van der Waals surface area contributed by atoms with Gasteiger partial charge >= 0.3 is 6.18 Å². The zero-order valence-corrected chi connectivity index (χ0v) is 11.7. The molecule has 2 aromatic rings. The number of nitrogens with one attached hydrogen (secondary N) is 2. The first-order chi connectivity index (χ1) is 10.8. The van der Waals surface area contributed by atoms with Gasteiger partial charge in [-0.15, -0.1) is 0 Å². The van der Waals surface area contributed by atoms with E-state index >= 15 is 0 Å². The number of pyridine rings is 1. The van der Waals surface area contributed by atoms with Gasteiger partial charge in [-0.05, 0) is 30.2 Å². The van der Waals surface area contributed by atoms with E-state index in [1.54, 1.807) is 17.1 Å². The third-order valence-electron chi connectivity index (χ3n) is 3.10. The predicted octanol–water partition coefficient (Wildman–Crippen LogP) is 2.51. The summed E-state index contributed by atoms with van der Waals surface area (Å²) < 4.78 is 50.7. The Bertz CT molecular complexity index is 769. The number of aromatic nitrogens is 1. The number of benzene rings is 1. The van der Waals surface area contributed by atoms with Crippen molar-refractivity contribution in [3.05, 3.63) is 69.4 Å². The molecule has 0 saturated carbocycles. The fourth-order valence-corrected chi connectivity index (χ4v) is 1.92. The van der Waals surface area contributed by atoms with Crippen molar-refractivity contribution in [1.29, 1.82) is 0 Å². The second-order valence-electron chi connectivity index (χ2n) is 4.71. The van der Waals surface area contributed by atoms with Crippen molar-refractivity contribution >= 4 is 5.91 Å². The van der Waals surface area contributed by atoms with Crippen molar-refractivity contribution in [3.63, 3.8) is 0 Å². The van der Waals surface area contributed by atoms with E-state index in [9.17, 15) is 27.2 Å². The van der Waals surface area contributed by atoms with Gasteiger partial charge in [0.1, 0.15) is 17.1 Å². The predicted molar refractivity (Wildman–Crippen MR) is 74.5 cm³/mol. The molecule has 0 aliphatic carbocycles. The minimum absolute atomic E-state index is 0.0419. The molecule has 0 fully saturated rings. The Morgan fingerprint density at radius 3 is 2.43 bits per heavy atom. The van der Waals surface area contributed by atoms with Gasteiger partial charge in [0, 0.05) is 6.54 Å². The number of hydrogen-bond acceptors (Lipinski definition) is 2. The van der Waals surface area contributed by atoms with Crippen LogP contribution >= 0.6 is 0 Å². The molecule has 2 rings (SSSR count). The molecule has 0 spiro atoms. The maximum Gasteiger partial charge on any atom is 0.431 e. The zero-order valence-electron chi connectivity index (χ0n) is 11.7.